The zero-order chi connectivity index (χ0) is 55.4. The average molecular weight is 1070 g/mol. The first kappa shape index (κ1) is 60.1. The largest absolute Gasteiger partial charge is 0.480 e. The third-order valence-electron chi connectivity index (χ3n) is 13.6. The van der Waals surface area contributed by atoms with Gasteiger partial charge in [0, 0.05) is 52.1 Å². The summed E-state index contributed by atoms with van der Waals surface area (Å²) in [5.41, 5.74) is 4.16. The lowest BCUT2D eigenvalue weighted by molar-refractivity contribution is -0.233. The summed E-state index contributed by atoms with van der Waals surface area (Å²) in [6.07, 6.45) is -11.3. The van der Waals surface area contributed by atoms with Crippen molar-refractivity contribution in [3.05, 3.63) is 33.1 Å². The number of imide groups is 1. The maximum Gasteiger partial charge on any atom is 0.330 e. The number of carboxylic acid groups (broad SMARTS) is 1. The molecular weight excluding hydrogens is 993 g/mol. The highest BCUT2D eigenvalue weighted by atomic mass is 16.7. The summed E-state index contributed by atoms with van der Waals surface area (Å²) in [6, 6.07) is -7.77. The topological polar surface area (TPSA) is 412 Å². The number of hydrogen-bond donors (Lipinski definition) is 13. The van der Waals surface area contributed by atoms with Crippen molar-refractivity contribution in [3.63, 3.8) is 0 Å². The van der Waals surface area contributed by atoms with Crippen LogP contribution in [0.2, 0.25) is 0 Å². The minimum absolute atomic E-state index is 0.0244. The van der Waals surface area contributed by atoms with E-state index in [4.69, 9.17) is 24.7 Å². The number of hydrogen-bond acceptors (Lipinski definition) is 20. The van der Waals surface area contributed by atoms with E-state index >= 15 is 0 Å². The molecule has 1 aromatic rings. The highest BCUT2D eigenvalue weighted by Gasteiger charge is 2.59. The molecule has 0 aromatic carbocycles. The summed E-state index contributed by atoms with van der Waals surface area (Å²) in [5.74, 6) is -5.12. The Balaban J connectivity index is 1.42. The van der Waals surface area contributed by atoms with E-state index in [0.717, 1.165) is 39.5 Å². The fourth-order valence-corrected chi connectivity index (χ4v) is 9.42. The van der Waals surface area contributed by atoms with Gasteiger partial charge in [-0.1, -0.05) is 53.9 Å². The van der Waals surface area contributed by atoms with E-state index in [-0.39, 0.29) is 51.5 Å². The number of methoxy groups -OCH3 is 1. The third-order valence-corrected chi connectivity index (χ3v) is 13.6. The molecule has 15 atom stereocenters. The van der Waals surface area contributed by atoms with Crippen molar-refractivity contribution in [2.75, 3.05) is 46.9 Å². The Labute approximate surface area is 432 Å². The van der Waals surface area contributed by atoms with Crippen molar-refractivity contribution in [2.45, 2.75) is 165 Å². The number of ether oxygens (including phenoxy) is 4. The van der Waals surface area contributed by atoms with Crippen molar-refractivity contribution in [3.8, 4) is 0 Å². The Bertz CT molecular complexity index is 2280. The molecule has 14 N–H and O–H groups in total. The van der Waals surface area contributed by atoms with E-state index in [1.807, 2.05) is 6.92 Å². The number of nitrogens with zero attached hydrogens (tertiary/aromatic N) is 4. The van der Waals surface area contributed by atoms with Gasteiger partial charge in [0.05, 0.1) is 12.1 Å². The van der Waals surface area contributed by atoms with Crippen molar-refractivity contribution >= 4 is 41.7 Å². The SMILES string of the molecule is CCCCCCN1C(=O)C(C(OC2O[C@H](CNC)[C@@H](O)[C@H]2OC)[C@H]2O[C@@H](n3ccc(=O)[nH]c3=O)[C@H](O)[C@@H]2O)N(CCCNC(=O)C(NC(=O)C(NC(=O)NC(C(=O)O)C(C)C)C2CCN=C(N)N2)C(O)C(C)C)C1=O. The lowest BCUT2D eigenvalue weighted by Crippen LogP contribution is -2.66. The van der Waals surface area contributed by atoms with Crippen LogP contribution in [0.15, 0.2) is 26.8 Å². The van der Waals surface area contributed by atoms with Crippen LogP contribution in [0.4, 0.5) is 9.59 Å². The number of aromatic nitrogens is 2. The number of urea groups is 2. The van der Waals surface area contributed by atoms with Crippen LogP contribution in [0.1, 0.15) is 79.4 Å². The number of nitrogens with two attached hydrogens (primary N) is 1. The van der Waals surface area contributed by atoms with E-state index in [1.54, 1.807) is 34.7 Å². The van der Waals surface area contributed by atoms with E-state index in [9.17, 15) is 63.9 Å². The number of likely N-dealkylation sites (N-methyl/N-ethyl adjacent to an activating group) is 1. The van der Waals surface area contributed by atoms with Crippen LogP contribution in [0, 0.1) is 11.8 Å². The number of nitrogens with one attached hydrogen (secondary N) is 7. The van der Waals surface area contributed by atoms with E-state index in [1.165, 1.54) is 7.11 Å². The summed E-state index contributed by atoms with van der Waals surface area (Å²) in [4.78, 5) is 116. The van der Waals surface area contributed by atoms with Crippen LogP contribution >= 0.6 is 0 Å². The number of aliphatic hydroxyl groups is 4. The highest BCUT2D eigenvalue weighted by Crippen LogP contribution is 2.38. The first-order valence-electron chi connectivity index (χ1n) is 25.3. The number of carbonyl (C=O) groups is 6. The quantitative estimate of drug-likeness (QED) is 0.0292. The van der Waals surface area contributed by atoms with Gasteiger partial charge in [0.2, 0.25) is 11.8 Å². The number of aliphatic carboxylic acids is 1. The summed E-state index contributed by atoms with van der Waals surface area (Å²) >= 11 is 0. The number of aliphatic hydroxyl groups excluding tert-OH is 4. The number of carbonyl (C=O) groups excluding carboxylic acids is 5. The molecule has 8 unspecified atom stereocenters. The monoisotopic (exact) mass is 1070 g/mol. The maximum absolute atomic E-state index is 14.8. The van der Waals surface area contributed by atoms with Crippen LogP contribution < -0.4 is 48.9 Å². The standard InChI is InChI=1S/C46H76N12O17/c1-8-9-10-11-17-57-39(66)29(34(75-42-36(72-7)31(61)24(73-42)20-48-6)35-32(62)33(63)40(74-35)58-19-14-25(59)52-45(58)70)56(46(57)71)18-12-15-49-37(64)28(30(60)22(4)5)53-38(65)27(23-13-16-50-43(47)51-23)55-44(69)54-26(21(2)3)41(67)68/h14,19,21-24,26-36,40,42,48,60-63H,8-13,15-18,20H2,1-7H3,(H,49,64)(H,53,65)(H,67,68)(H3,47,50,51)(H,52,59,70)(H2,54,55,69)/t23?,24-,26?,27?,28?,29?,30?,31-,32+,33-,34?,35+,36-,40-,42?/m1/s1. The predicted octanol–water partition coefficient (Wildman–Crippen LogP) is -4.46. The molecule has 0 saturated carbocycles. The molecule has 29 heteroatoms. The molecule has 0 bridgehead atoms. The van der Waals surface area contributed by atoms with E-state index in [0.29, 0.717) is 12.8 Å². The maximum atomic E-state index is 14.8. The fourth-order valence-electron chi connectivity index (χ4n) is 9.42. The minimum atomic E-state index is -1.91. The normalized spacial score (nSPS) is 27.9. The lowest BCUT2D eigenvalue weighted by Gasteiger charge is -2.36. The van der Waals surface area contributed by atoms with Crippen LogP contribution in [-0.2, 0) is 38.1 Å². The van der Waals surface area contributed by atoms with E-state index < -0.39 is 150 Å². The second-order valence-electron chi connectivity index (χ2n) is 19.7. The smallest absolute Gasteiger partial charge is 0.330 e. The molecular formula is C46H76N12O17. The Kier molecular flexibility index (Phi) is 21.9. The number of amides is 7. The highest BCUT2D eigenvalue weighted by molar-refractivity contribution is 6.04. The predicted molar refractivity (Wildman–Crippen MR) is 263 cm³/mol. The minimum Gasteiger partial charge on any atom is -0.480 e. The third kappa shape index (κ3) is 14.6. The lowest BCUT2D eigenvalue weighted by atomic mass is 9.97. The summed E-state index contributed by atoms with van der Waals surface area (Å²) in [7, 11) is 2.90. The zero-order valence-electron chi connectivity index (χ0n) is 43.2. The van der Waals surface area contributed by atoms with Crippen LogP contribution in [-0.4, -0.2) is 219 Å². The van der Waals surface area contributed by atoms with Gasteiger partial charge in [-0.15, -0.1) is 0 Å². The Morgan fingerprint density at radius 3 is 2.25 bits per heavy atom. The summed E-state index contributed by atoms with van der Waals surface area (Å²) in [5, 5.41) is 71.0. The molecule has 0 spiro atoms. The van der Waals surface area contributed by atoms with E-state index in [2.05, 4.69) is 41.9 Å². The molecule has 75 heavy (non-hydrogen) atoms. The first-order chi connectivity index (χ1) is 35.6. The number of aliphatic imine (C=N–C) groups is 1. The van der Waals surface area contributed by atoms with Gasteiger partial charge in [-0.05, 0) is 38.1 Å². The molecule has 0 aliphatic carbocycles. The first-order valence-corrected chi connectivity index (χ1v) is 25.3. The van der Waals surface area contributed by atoms with Crippen molar-refractivity contribution in [2.24, 2.45) is 22.6 Å². The molecule has 4 aliphatic rings. The molecule has 3 fully saturated rings. The second kappa shape index (κ2) is 27.3. The van der Waals surface area contributed by atoms with Gasteiger partial charge in [0.25, 0.3) is 11.5 Å². The fraction of sp³-hybridized carbons (Fsp3) is 0.761. The molecule has 29 nitrogen and oxygen atoms in total. The number of carboxylic acids is 1. The van der Waals surface area contributed by atoms with Crippen molar-refractivity contribution in [1.82, 2.24) is 51.3 Å². The van der Waals surface area contributed by atoms with Gasteiger partial charge >= 0.3 is 23.7 Å². The van der Waals surface area contributed by atoms with Gasteiger partial charge < -0.3 is 87.0 Å². The number of rotatable bonds is 27. The number of H-pyrrole nitrogens is 1. The van der Waals surface area contributed by atoms with Gasteiger partial charge in [-0.2, -0.15) is 0 Å². The van der Waals surface area contributed by atoms with Gasteiger partial charge in [0.15, 0.2) is 18.5 Å². The second-order valence-corrected chi connectivity index (χ2v) is 19.7. The molecule has 3 saturated heterocycles. The zero-order valence-corrected chi connectivity index (χ0v) is 43.2. The molecule has 4 aliphatic heterocycles. The molecule has 0 radical (unpaired) electrons. The van der Waals surface area contributed by atoms with Gasteiger partial charge in [-0.3, -0.25) is 38.6 Å². The molecule has 5 rings (SSSR count). The molecule has 7 amide bonds. The number of unbranched alkanes of at least 4 members (excludes halogenated alkanes) is 3. The summed E-state index contributed by atoms with van der Waals surface area (Å²) in [6.45, 7) is 8.07. The van der Waals surface area contributed by atoms with Crippen LogP contribution in [0.3, 0.4) is 0 Å². The van der Waals surface area contributed by atoms with Crippen LogP contribution in [0.25, 0.3) is 0 Å². The molecule has 5 heterocycles. The molecule has 422 valence electrons. The van der Waals surface area contributed by atoms with Crippen molar-refractivity contribution in [1.29, 1.82) is 0 Å². The Morgan fingerprint density at radius 2 is 1.64 bits per heavy atom. The van der Waals surface area contributed by atoms with Crippen molar-refractivity contribution < 1.29 is 73.2 Å². The van der Waals surface area contributed by atoms with Crippen LogP contribution in [0.5, 0.6) is 0 Å². The van der Waals surface area contributed by atoms with Gasteiger partial charge in [0.1, 0.15) is 66.9 Å². The number of guanidine groups is 1. The summed E-state index contributed by atoms with van der Waals surface area (Å²) < 4.78 is 25.1. The van der Waals surface area contributed by atoms with Gasteiger partial charge in [-0.25, -0.2) is 19.2 Å². The number of aromatic amines is 1. The average Bonchev–Trinajstić information content (AvgIpc) is 3.91. The Hall–Kier alpha value is -5.79. The Morgan fingerprint density at radius 1 is 0.920 bits per heavy atom. The molecule has 1 aromatic heterocycles.